The van der Waals surface area contributed by atoms with Crippen LogP contribution in [0.4, 0.5) is 5.69 Å². The Hall–Kier alpha value is -0.750. The van der Waals surface area contributed by atoms with Crippen molar-refractivity contribution in [1.29, 1.82) is 0 Å². The molecule has 0 spiro atoms. The lowest BCUT2D eigenvalue weighted by Gasteiger charge is -2.28. The highest BCUT2D eigenvalue weighted by Gasteiger charge is 2.23. The summed E-state index contributed by atoms with van der Waals surface area (Å²) in [5.74, 6) is 0.793. The van der Waals surface area contributed by atoms with E-state index in [0.29, 0.717) is 11.6 Å². The molecular weight excluding hydrogens is 270 g/mol. The third-order valence-electron chi connectivity index (χ3n) is 2.45. The number of hydrogen-bond donors (Lipinski definition) is 1. The Kier molecular flexibility index (Phi) is 4.50. The van der Waals surface area contributed by atoms with Gasteiger partial charge in [0.1, 0.15) is 0 Å². The summed E-state index contributed by atoms with van der Waals surface area (Å²) in [4.78, 5) is 7.62. The SMILES string of the molecule is CCOC(C1=Nc2cc(Cl)ccc2SN1)N(C)C. The van der Waals surface area contributed by atoms with E-state index in [2.05, 4.69) is 9.71 Å². The van der Waals surface area contributed by atoms with Crippen molar-refractivity contribution in [2.75, 3.05) is 20.7 Å². The number of fused-ring (bicyclic) bond motifs is 1. The number of ether oxygens (including phenoxy) is 1. The molecule has 0 aromatic heterocycles. The highest BCUT2D eigenvalue weighted by atomic mass is 35.5. The Morgan fingerprint density at radius 1 is 1.50 bits per heavy atom. The van der Waals surface area contributed by atoms with Crippen molar-refractivity contribution in [3.63, 3.8) is 0 Å². The van der Waals surface area contributed by atoms with E-state index in [1.807, 2.05) is 44.1 Å². The van der Waals surface area contributed by atoms with Gasteiger partial charge in [0.2, 0.25) is 0 Å². The molecule has 0 amide bonds. The van der Waals surface area contributed by atoms with Gasteiger partial charge >= 0.3 is 0 Å². The van der Waals surface area contributed by atoms with E-state index in [9.17, 15) is 0 Å². The molecule has 0 fully saturated rings. The molecule has 0 bridgehead atoms. The van der Waals surface area contributed by atoms with Gasteiger partial charge in [-0.05, 0) is 51.2 Å². The second-order valence-corrected chi connectivity index (χ2v) is 5.37. The highest BCUT2D eigenvalue weighted by molar-refractivity contribution is 7.98. The summed E-state index contributed by atoms with van der Waals surface area (Å²) < 4.78 is 8.89. The summed E-state index contributed by atoms with van der Waals surface area (Å²) in [5.41, 5.74) is 0.882. The number of rotatable bonds is 4. The number of benzene rings is 1. The van der Waals surface area contributed by atoms with Crippen molar-refractivity contribution in [2.24, 2.45) is 4.99 Å². The molecular formula is C12H16ClN3OS. The average Bonchev–Trinajstić information content (AvgIpc) is 2.34. The van der Waals surface area contributed by atoms with Crippen LogP contribution in [0.25, 0.3) is 0 Å². The van der Waals surface area contributed by atoms with Gasteiger partial charge < -0.3 is 9.46 Å². The lowest BCUT2D eigenvalue weighted by atomic mass is 10.3. The molecule has 18 heavy (non-hydrogen) atoms. The van der Waals surface area contributed by atoms with E-state index in [0.717, 1.165) is 16.4 Å². The summed E-state index contributed by atoms with van der Waals surface area (Å²) in [6.07, 6.45) is -0.172. The predicted molar refractivity (Wildman–Crippen MR) is 76.6 cm³/mol. The number of hydrogen-bond acceptors (Lipinski definition) is 5. The molecule has 1 N–H and O–H groups in total. The van der Waals surface area contributed by atoms with Crippen LogP contribution >= 0.6 is 23.5 Å². The maximum Gasteiger partial charge on any atom is 0.169 e. The van der Waals surface area contributed by atoms with E-state index in [1.54, 1.807) is 0 Å². The third-order valence-corrected chi connectivity index (χ3v) is 3.57. The molecule has 0 radical (unpaired) electrons. The second-order valence-electron chi connectivity index (χ2n) is 4.08. The van der Waals surface area contributed by atoms with Gasteiger partial charge in [-0.15, -0.1) is 0 Å². The lowest BCUT2D eigenvalue weighted by molar-refractivity contribution is 0.0176. The zero-order valence-corrected chi connectivity index (χ0v) is 12.2. The fraction of sp³-hybridized carbons (Fsp3) is 0.417. The molecule has 1 aliphatic heterocycles. The first kappa shape index (κ1) is 13.7. The quantitative estimate of drug-likeness (QED) is 0.682. The number of aliphatic imine (C=N–C) groups is 1. The maximum absolute atomic E-state index is 5.99. The summed E-state index contributed by atoms with van der Waals surface area (Å²) in [5, 5.41) is 0.692. The minimum Gasteiger partial charge on any atom is -0.356 e. The second kappa shape index (κ2) is 5.93. The molecule has 0 aliphatic carbocycles. The van der Waals surface area contributed by atoms with E-state index in [-0.39, 0.29) is 6.23 Å². The summed E-state index contributed by atoms with van der Waals surface area (Å²) in [6, 6.07) is 5.69. The van der Waals surface area contributed by atoms with Crippen LogP contribution in [-0.2, 0) is 4.74 Å². The highest BCUT2D eigenvalue weighted by Crippen LogP contribution is 2.34. The van der Waals surface area contributed by atoms with Crippen LogP contribution in [0.5, 0.6) is 0 Å². The Balaban J connectivity index is 2.30. The molecule has 1 aromatic rings. The first-order chi connectivity index (χ1) is 8.61. The maximum atomic E-state index is 5.99. The van der Waals surface area contributed by atoms with E-state index in [1.165, 1.54) is 11.9 Å². The van der Waals surface area contributed by atoms with Crippen LogP contribution in [0, 0.1) is 0 Å². The summed E-state index contributed by atoms with van der Waals surface area (Å²) in [6.45, 7) is 2.61. The van der Waals surface area contributed by atoms with Crippen molar-refractivity contribution < 1.29 is 4.74 Å². The van der Waals surface area contributed by atoms with Crippen LogP contribution in [0.1, 0.15) is 6.92 Å². The van der Waals surface area contributed by atoms with Gasteiger partial charge in [-0.3, -0.25) is 4.90 Å². The first-order valence-corrected chi connectivity index (χ1v) is 6.90. The molecule has 2 rings (SSSR count). The van der Waals surface area contributed by atoms with Gasteiger partial charge in [0.15, 0.2) is 12.1 Å². The molecule has 4 nitrogen and oxygen atoms in total. The smallest absolute Gasteiger partial charge is 0.169 e. The molecule has 1 unspecified atom stereocenters. The van der Waals surface area contributed by atoms with Crippen LogP contribution in [-0.4, -0.2) is 37.7 Å². The van der Waals surface area contributed by atoms with Gasteiger partial charge in [0.25, 0.3) is 0 Å². The monoisotopic (exact) mass is 285 g/mol. The fourth-order valence-electron chi connectivity index (χ4n) is 1.66. The van der Waals surface area contributed by atoms with E-state index in [4.69, 9.17) is 16.3 Å². The van der Waals surface area contributed by atoms with Gasteiger partial charge in [-0.2, -0.15) is 0 Å². The van der Waals surface area contributed by atoms with Crippen molar-refractivity contribution in [3.8, 4) is 0 Å². The van der Waals surface area contributed by atoms with Gasteiger partial charge in [0, 0.05) is 11.6 Å². The molecule has 6 heteroatoms. The van der Waals surface area contributed by atoms with Gasteiger partial charge in [-0.1, -0.05) is 11.6 Å². The molecule has 0 saturated heterocycles. The number of likely N-dealkylation sites (N-methyl/N-ethyl adjacent to an activating group) is 1. The molecule has 1 aliphatic rings. The van der Waals surface area contributed by atoms with Crippen molar-refractivity contribution in [1.82, 2.24) is 9.62 Å². The summed E-state index contributed by atoms with van der Waals surface area (Å²) in [7, 11) is 3.92. The number of amidine groups is 1. The zero-order chi connectivity index (χ0) is 13.1. The van der Waals surface area contributed by atoms with Crippen molar-refractivity contribution in [3.05, 3.63) is 23.2 Å². The Morgan fingerprint density at radius 2 is 2.28 bits per heavy atom. The number of nitrogens with zero attached hydrogens (tertiary/aromatic N) is 2. The Labute approximate surface area is 116 Å². The third kappa shape index (κ3) is 2.98. The zero-order valence-electron chi connectivity index (χ0n) is 10.6. The molecule has 1 aromatic carbocycles. The van der Waals surface area contributed by atoms with E-state index >= 15 is 0 Å². The Bertz CT molecular complexity index is 465. The minimum atomic E-state index is -0.172. The standard InChI is InChI=1S/C12H16ClN3OS/c1-4-17-12(16(2)3)11-14-9-7-8(13)5-6-10(9)18-15-11/h5-7,12H,4H2,1-3H3,(H,14,15). The molecule has 1 heterocycles. The predicted octanol–water partition coefficient (Wildman–Crippen LogP) is 2.90. The number of halogens is 1. The van der Waals surface area contributed by atoms with Gasteiger partial charge in [0.05, 0.1) is 10.6 Å². The topological polar surface area (TPSA) is 36.9 Å². The van der Waals surface area contributed by atoms with Gasteiger partial charge in [-0.25, -0.2) is 4.99 Å². The molecule has 1 atom stereocenters. The van der Waals surface area contributed by atoms with Crippen molar-refractivity contribution >= 4 is 35.1 Å². The normalized spacial score (nSPS) is 15.9. The van der Waals surface area contributed by atoms with Crippen LogP contribution in [0.3, 0.4) is 0 Å². The average molecular weight is 286 g/mol. The summed E-state index contributed by atoms with van der Waals surface area (Å²) >= 11 is 7.52. The van der Waals surface area contributed by atoms with Crippen LogP contribution in [0.2, 0.25) is 5.02 Å². The fourth-order valence-corrected chi connectivity index (χ4v) is 2.53. The van der Waals surface area contributed by atoms with Crippen molar-refractivity contribution in [2.45, 2.75) is 18.0 Å². The van der Waals surface area contributed by atoms with Crippen LogP contribution in [0.15, 0.2) is 28.1 Å². The Morgan fingerprint density at radius 3 is 2.94 bits per heavy atom. The van der Waals surface area contributed by atoms with E-state index < -0.39 is 0 Å². The largest absolute Gasteiger partial charge is 0.356 e. The molecule has 98 valence electrons. The molecule has 0 saturated carbocycles. The lowest BCUT2D eigenvalue weighted by Crippen LogP contribution is -2.44. The first-order valence-electron chi connectivity index (χ1n) is 5.71. The number of nitrogens with one attached hydrogen (secondary N) is 1. The minimum absolute atomic E-state index is 0.172. The van der Waals surface area contributed by atoms with Crippen LogP contribution < -0.4 is 4.72 Å².